The number of nitrogens with zero attached hydrogens (tertiary/aromatic N) is 1. The summed E-state index contributed by atoms with van der Waals surface area (Å²) >= 11 is 1.49. The van der Waals surface area contributed by atoms with Gasteiger partial charge in [0.2, 0.25) is 18.6 Å². The highest BCUT2D eigenvalue weighted by atomic mass is 32.2. The third-order valence-electron chi connectivity index (χ3n) is 3.25. The second kappa shape index (κ2) is 5.24. The molecular weight excluding hydrogens is 280 g/mol. The van der Waals surface area contributed by atoms with Crippen LogP contribution in [0.25, 0.3) is 0 Å². The molecule has 1 aromatic rings. The van der Waals surface area contributed by atoms with E-state index in [4.69, 9.17) is 9.47 Å². The fourth-order valence-electron chi connectivity index (χ4n) is 2.26. The molecule has 1 aromatic carbocycles. The quantitative estimate of drug-likeness (QED) is 0.890. The molecule has 1 fully saturated rings. The second-order valence-corrected chi connectivity index (χ2v) is 5.51. The molecule has 0 aromatic heterocycles. The molecule has 1 saturated heterocycles. The Morgan fingerprint density at radius 1 is 1.50 bits per heavy atom. The van der Waals surface area contributed by atoms with E-state index in [-0.39, 0.29) is 30.5 Å². The molecule has 2 aliphatic heterocycles. The van der Waals surface area contributed by atoms with Crippen molar-refractivity contribution >= 4 is 23.6 Å². The Labute approximate surface area is 120 Å². The Balaban J connectivity index is 1.91. The van der Waals surface area contributed by atoms with E-state index in [0.717, 1.165) is 5.56 Å². The van der Waals surface area contributed by atoms with Crippen molar-refractivity contribution < 1.29 is 19.1 Å². The number of hydrogen-bond donors (Lipinski definition) is 1. The molecular formula is C13H14N2O4S. The first-order valence-corrected chi connectivity index (χ1v) is 7.25. The number of para-hydroxylation sites is 1. The van der Waals surface area contributed by atoms with Gasteiger partial charge in [-0.15, -0.1) is 11.8 Å². The summed E-state index contributed by atoms with van der Waals surface area (Å²) in [5.41, 5.74) is 0.875. The van der Waals surface area contributed by atoms with Crippen molar-refractivity contribution in [2.75, 3.05) is 26.1 Å². The first kappa shape index (κ1) is 13.1. The van der Waals surface area contributed by atoms with Gasteiger partial charge in [-0.05, 0) is 6.07 Å². The number of benzene rings is 1. The highest BCUT2D eigenvalue weighted by Gasteiger charge is 2.37. The number of fused-ring (bicyclic) bond motifs is 1. The summed E-state index contributed by atoms with van der Waals surface area (Å²) in [7, 11) is 1.56. The van der Waals surface area contributed by atoms with Crippen molar-refractivity contribution in [3.8, 4) is 11.5 Å². The van der Waals surface area contributed by atoms with Gasteiger partial charge in [0.25, 0.3) is 0 Å². The molecule has 2 amide bonds. The molecule has 0 radical (unpaired) electrons. The fraction of sp³-hybridized carbons (Fsp3) is 0.385. The number of carbonyl (C=O) groups excluding carboxylic acids is 2. The zero-order chi connectivity index (χ0) is 14.1. The zero-order valence-electron chi connectivity index (χ0n) is 10.9. The van der Waals surface area contributed by atoms with E-state index in [0.29, 0.717) is 17.3 Å². The monoisotopic (exact) mass is 294 g/mol. The average molecular weight is 294 g/mol. The Kier molecular flexibility index (Phi) is 3.43. The van der Waals surface area contributed by atoms with E-state index in [1.54, 1.807) is 11.9 Å². The molecule has 2 heterocycles. The summed E-state index contributed by atoms with van der Waals surface area (Å²) in [6, 6.07) is 5.60. The number of hydrogen-bond acceptors (Lipinski definition) is 5. The number of likely N-dealkylation sites (N-methyl/N-ethyl adjacent to an activating group) is 1. The molecule has 6 nitrogen and oxygen atoms in total. The van der Waals surface area contributed by atoms with Gasteiger partial charge in [-0.3, -0.25) is 9.59 Å². The Morgan fingerprint density at radius 2 is 2.35 bits per heavy atom. The molecule has 2 aliphatic rings. The lowest BCUT2D eigenvalue weighted by molar-refractivity contribution is -0.133. The van der Waals surface area contributed by atoms with Crippen LogP contribution in [-0.4, -0.2) is 42.9 Å². The summed E-state index contributed by atoms with van der Waals surface area (Å²) in [5, 5.41) is 2.33. The smallest absolute Gasteiger partial charge is 0.239 e. The largest absolute Gasteiger partial charge is 0.454 e. The van der Waals surface area contributed by atoms with Gasteiger partial charge in [0.15, 0.2) is 11.5 Å². The molecule has 1 N–H and O–H groups in total. The number of carbonyl (C=O) groups is 2. The van der Waals surface area contributed by atoms with Crippen LogP contribution in [0.15, 0.2) is 18.2 Å². The summed E-state index contributed by atoms with van der Waals surface area (Å²) in [5.74, 6) is 1.49. The Hall–Kier alpha value is -1.89. The minimum atomic E-state index is -0.212. The highest BCUT2D eigenvalue weighted by Crippen LogP contribution is 2.46. The minimum absolute atomic E-state index is 0.0416. The van der Waals surface area contributed by atoms with Crippen LogP contribution in [0.3, 0.4) is 0 Å². The highest BCUT2D eigenvalue weighted by molar-refractivity contribution is 8.00. The van der Waals surface area contributed by atoms with Gasteiger partial charge in [0, 0.05) is 12.6 Å². The van der Waals surface area contributed by atoms with Crippen LogP contribution in [0.2, 0.25) is 0 Å². The molecule has 3 rings (SSSR count). The molecule has 0 bridgehead atoms. The second-order valence-electron chi connectivity index (χ2n) is 4.44. The Bertz CT molecular complexity index is 563. The molecule has 0 aliphatic carbocycles. The zero-order valence-corrected chi connectivity index (χ0v) is 11.7. The SMILES string of the molecule is CNC(=O)CN1C(=O)CSC1c1cccc2c1OCO2. The van der Waals surface area contributed by atoms with Crippen molar-refractivity contribution in [3.63, 3.8) is 0 Å². The lowest BCUT2D eigenvalue weighted by Gasteiger charge is -2.24. The van der Waals surface area contributed by atoms with Crippen molar-refractivity contribution in [1.82, 2.24) is 10.2 Å². The van der Waals surface area contributed by atoms with Gasteiger partial charge in [-0.1, -0.05) is 12.1 Å². The lowest BCUT2D eigenvalue weighted by Crippen LogP contribution is -2.38. The van der Waals surface area contributed by atoms with Crippen LogP contribution in [0.5, 0.6) is 11.5 Å². The van der Waals surface area contributed by atoms with Gasteiger partial charge < -0.3 is 19.7 Å². The molecule has 7 heteroatoms. The number of amides is 2. The summed E-state index contributed by atoms with van der Waals surface area (Å²) in [4.78, 5) is 25.1. The van der Waals surface area contributed by atoms with Gasteiger partial charge in [0.1, 0.15) is 11.9 Å². The normalized spacial score (nSPS) is 20.4. The standard InChI is InChI=1S/C13H14N2O4S/c1-14-10(16)5-15-11(17)6-20-13(15)8-3-2-4-9-12(8)19-7-18-9/h2-4,13H,5-7H2,1H3,(H,14,16). The van der Waals surface area contributed by atoms with Gasteiger partial charge in [-0.2, -0.15) is 0 Å². The van der Waals surface area contributed by atoms with Crippen LogP contribution in [0.1, 0.15) is 10.9 Å². The van der Waals surface area contributed by atoms with Crippen molar-refractivity contribution in [3.05, 3.63) is 23.8 Å². The number of thioether (sulfide) groups is 1. The summed E-state index contributed by atoms with van der Waals surface area (Å²) < 4.78 is 10.8. The number of nitrogens with one attached hydrogen (secondary N) is 1. The van der Waals surface area contributed by atoms with E-state index in [2.05, 4.69) is 5.32 Å². The lowest BCUT2D eigenvalue weighted by atomic mass is 10.1. The van der Waals surface area contributed by atoms with E-state index >= 15 is 0 Å². The van der Waals surface area contributed by atoms with Crippen LogP contribution in [0.4, 0.5) is 0 Å². The van der Waals surface area contributed by atoms with Crippen LogP contribution >= 0.6 is 11.8 Å². The van der Waals surface area contributed by atoms with E-state index in [9.17, 15) is 9.59 Å². The predicted molar refractivity (Wildman–Crippen MR) is 73.5 cm³/mol. The predicted octanol–water partition coefficient (Wildman–Crippen LogP) is 0.735. The van der Waals surface area contributed by atoms with E-state index in [1.807, 2.05) is 18.2 Å². The van der Waals surface area contributed by atoms with Crippen molar-refractivity contribution in [1.29, 1.82) is 0 Å². The minimum Gasteiger partial charge on any atom is -0.454 e. The average Bonchev–Trinajstić information content (AvgIpc) is 3.06. The molecule has 0 spiro atoms. The summed E-state index contributed by atoms with van der Waals surface area (Å²) in [6.07, 6.45) is 0. The van der Waals surface area contributed by atoms with Crippen molar-refractivity contribution in [2.24, 2.45) is 0 Å². The van der Waals surface area contributed by atoms with Crippen molar-refractivity contribution in [2.45, 2.75) is 5.37 Å². The van der Waals surface area contributed by atoms with E-state index < -0.39 is 0 Å². The van der Waals surface area contributed by atoms with Crippen LogP contribution < -0.4 is 14.8 Å². The molecule has 1 unspecified atom stereocenters. The third-order valence-corrected chi connectivity index (χ3v) is 4.49. The first-order chi connectivity index (χ1) is 9.70. The molecule has 1 atom stereocenters. The number of ether oxygens (including phenoxy) is 2. The van der Waals surface area contributed by atoms with Gasteiger partial charge in [-0.25, -0.2) is 0 Å². The maximum atomic E-state index is 12.0. The Morgan fingerprint density at radius 3 is 3.15 bits per heavy atom. The van der Waals surface area contributed by atoms with Crippen LogP contribution in [0, 0.1) is 0 Å². The number of rotatable bonds is 3. The summed E-state index contributed by atoms with van der Waals surface area (Å²) in [6.45, 7) is 0.241. The molecule has 106 valence electrons. The topological polar surface area (TPSA) is 67.9 Å². The van der Waals surface area contributed by atoms with Gasteiger partial charge >= 0.3 is 0 Å². The maximum absolute atomic E-state index is 12.0. The third kappa shape index (κ3) is 2.18. The van der Waals surface area contributed by atoms with Crippen LogP contribution in [-0.2, 0) is 9.59 Å². The fourth-order valence-corrected chi connectivity index (χ4v) is 3.47. The van der Waals surface area contributed by atoms with E-state index in [1.165, 1.54) is 11.8 Å². The molecule has 20 heavy (non-hydrogen) atoms. The maximum Gasteiger partial charge on any atom is 0.239 e. The first-order valence-electron chi connectivity index (χ1n) is 6.21. The van der Waals surface area contributed by atoms with Gasteiger partial charge in [0.05, 0.1) is 5.75 Å². The molecule has 0 saturated carbocycles.